The highest BCUT2D eigenvalue weighted by Crippen LogP contribution is 2.46. The number of amides is 1. The first-order valence-electron chi connectivity index (χ1n) is 7.97. The van der Waals surface area contributed by atoms with Crippen molar-refractivity contribution in [2.24, 2.45) is 11.7 Å². The zero-order chi connectivity index (χ0) is 15.1. The van der Waals surface area contributed by atoms with Gasteiger partial charge >= 0.3 is 0 Å². The molecule has 3 nitrogen and oxygen atoms in total. The highest BCUT2D eigenvalue weighted by molar-refractivity contribution is 5.79. The summed E-state index contributed by atoms with van der Waals surface area (Å²) in [6.07, 6.45) is 1.95. The third-order valence-corrected chi connectivity index (χ3v) is 5.02. The molecular formula is C19H20N2O. The van der Waals surface area contributed by atoms with Gasteiger partial charge in [0.25, 0.3) is 0 Å². The Bertz CT molecular complexity index is 679. The number of likely N-dealkylation sites (tertiary alicyclic amines) is 1. The highest BCUT2D eigenvalue weighted by atomic mass is 16.1. The number of hydrogen-bond acceptors (Lipinski definition) is 2. The number of carbonyl (C=O) groups excluding carboxylic acids is 1. The van der Waals surface area contributed by atoms with Gasteiger partial charge in [-0.05, 0) is 41.6 Å². The fourth-order valence-electron chi connectivity index (χ4n) is 4.00. The van der Waals surface area contributed by atoms with Gasteiger partial charge in [0.05, 0.1) is 12.0 Å². The van der Waals surface area contributed by atoms with Crippen molar-refractivity contribution in [1.29, 1.82) is 0 Å². The number of fused-ring (bicyclic) bond motifs is 3. The van der Waals surface area contributed by atoms with Crippen LogP contribution in [0.2, 0.25) is 0 Å². The summed E-state index contributed by atoms with van der Waals surface area (Å²) in [6.45, 7) is 1.79. The quantitative estimate of drug-likeness (QED) is 0.925. The number of piperidine rings is 1. The standard InChI is InChI=1S/C19H20N2O/c20-19(22)13-6-5-11-21(12-13)18-16-9-3-1-7-14(16)15-8-2-4-10-17(15)18/h1-4,7-10,13,18H,5-6,11-12H2,(H2,20,22)/t13-/m1/s1. The number of nitrogens with zero attached hydrogens (tertiary/aromatic N) is 1. The van der Waals surface area contributed by atoms with Crippen molar-refractivity contribution in [1.82, 2.24) is 4.90 Å². The van der Waals surface area contributed by atoms with Gasteiger partial charge < -0.3 is 5.73 Å². The Morgan fingerprint density at radius 1 is 1.00 bits per heavy atom. The van der Waals surface area contributed by atoms with E-state index in [0.717, 1.165) is 25.9 Å². The van der Waals surface area contributed by atoms with E-state index in [2.05, 4.69) is 53.4 Å². The topological polar surface area (TPSA) is 46.3 Å². The van der Waals surface area contributed by atoms with Gasteiger partial charge in [-0.2, -0.15) is 0 Å². The number of primary amides is 1. The van der Waals surface area contributed by atoms with E-state index >= 15 is 0 Å². The molecular weight excluding hydrogens is 272 g/mol. The first-order chi connectivity index (χ1) is 10.8. The summed E-state index contributed by atoms with van der Waals surface area (Å²) in [7, 11) is 0. The zero-order valence-corrected chi connectivity index (χ0v) is 12.5. The van der Waals surface area contributed by atoms with E-state index in [9.17, 15) is 4.79 Å². The number of carbonyl (C=O) groups is 1. The van der Waals surface area contributed by atoms with Gasteiger partial charge in [-0.3, -0.25) is 9.69 Å². The molecule has 4 rings (SSSR count). The Morgan fingerprint density at radius 3 is 2.18 bits per heavy atom. The van der Waals surface area contributed by atoms with Crippen LogP contribution in [0.3, 0.4) is 0 Å². The van der Waals surface area contributed by atoms with Crippen LogP contribution in [0.15, 0.2) is 48.5 Å². The Labute approximate surface area is 130 Å². The SMILES string of the molecule is NC(=O)[C@@H]1CCCN(C2c3ccccc3-c3ccccc32)C1. The lowest BCUT2D eigenvalue weighted by Gasteiger charge is -2.36. The minimum atomic E-state index is -0.163. The fourth-order valence-corrected chi connectivity index (χ4v) is 4.00. The lowest BCUT2D eigenvalue weighted by Crippen LogP contribution is -2.42. The Morgan fingerprint density at radius 2 is 1.59 bits per heavy atom. The highest BCUT2D eigenvalue weighted by Gasteiger charge is 2.35. The molecule has 1 heterocycles. The molecule has 0 saturated carbocycles. The monoisotopic (exact) mass is 292 g/mol. The molecule has 0 spiro atoms. The van der Waals surface area contributed by atoms with Crippen molar-refractivity contribution in [3.63, 3.8) is 0 Å². The molecule has 0 unspecified atom stereocenters. The fraction of sp³-hybridized carbons (Fsp3) is 0.316. The van der Waals surface area contributed by atoms with Crippen LogP contribution in [0.4, 0.5) is 0 Å². The zero-order valence-electron chi connectivity index (χ0n) is 12.5. The normalized spacial score (nSPS) is 21.4. The van der Waals surface area contributed by atoms with Crippen LogP contribution in [-0.2, 0) is 4.79 Å². The minimum Gasteiger partial charge on any atom is -0.369 e. The van der Waals surface area contributed by atoms with E-state index in [-0.39, 0.29) is 17.9 Å². The van der Waals surface area contributed by atoms with Gasteiger partial charge in [0, 0.05) is 6.54 Å². The predicted molar refractivity (Wildman–Crippen MR) is 87.2 cm³/mol. The van der Waals surface area contributed by atoms with Crippen molar-refractivity contribution >= 4 is 5.91 Å². The average molecular weight is 292 g/mol. The van der Waals surface area contributed by atoms with Crippen LogP contribution in [-0.4, -0.2) is 23.9 Å². The molecule has 1 aliphatic heterocycles. The Hall–Kier alpha value is -2.13. The van der Waals surface area contributed by atoms with Crippen molar-refractivity contribution < 1.29 is 4.79 Å². The lowest BCUT2D eigenvalue weighted by atomic mass is 9.93. The third-order valence-electron chi connectivity index (χ3n) is 5.02. The molecule has 2 aliphatic rings. The molecule has 112 valence electrons. The molecule has 1 amide bonds. The van der Waals surface area contributed by atoms with Crippen LogP contribution in [0.1, 0.15) is 30.0 Å². The summed E-state index contributed by atoms with van der Waals surface area (Å²) < 4.78 is 0. The number of benzene rings is 2. The molecule has 0 radical (unpaired) electrons. The summed E-state index contributed by atoms with van der Waals surface area (Å²) in [4.78, 5) is 14.0. The van der Waals surface area contributed by atoms with Crippen LogP contribution < -0.4 is 5.73 Å². The molecule has 22 heavy (non-hydrogen) atoms. The lowest BCUT2D eigenvalue weighted by molar-refractivity contribution is -0.123. The Balaban J connectivity index is 1.77. The summed E-state index contributed by atoms with van der Waals surface area (Å²) in [5.41, 5.74) is 10.9. The first kappa shape index (κ1) is 13.5. The van der Waals surface area contributed by atoms with Crippen LogP contribution in [0.5, 0.6) is 0 Å². The van der Waals surface area contributed by atoms with Gasteiger partial charge in [0.1, 0.15) is 0 Å². The maximum absolute atomic E-state index is 11.6. The molecule has 2 aromatic carbocycles. The van der Waals surface area contributed by atoms with E-state index in [1.165, 1.54) is 22.3 Å². The van der Waals surface area contributed by atoms with E-state index < -0.39 is 0 Å². The van der Waals surface area contributed by atoms with Crippen molar-refractivity contribution in [2.75, 3.05) is 13.1 Å². The Kier molecular flexibility index (Phi) is 3.23. The molecule has 0 aromatic heterocycles. The maximum Gasteiger partial charge on any atom is 0.221 e. The second kappa shape index (κ2) is 5.25. The number of rotatable bonds is 2. The predicted octanol–water partition coefficient (Wildman–Crippen LogP) is 2.95. The summed E-state index contributed by atoms with van der Waals surface area (Å²) in [5.74, 6) is -0.182. The van der Waals surface area contributed by atoms with E-state index in [0.29, 0.717) is 0 Å². The summed E-state index contributed by atoms with van der Waals surface area (Å²) >= 11 is 0. The summed E-state index contributed by atoms with van der Waals surface area (Å²) in [5, 5.41) is 0. The van der Waals surface area contributed by atoms with Crippen LogP contribution >= 0.6 is 0 Å². The van der Waals surface area contributed by atoms with Crippen molar-refractivity contribution in [2.45, 2.75) is 18.9 Å². The van der Waals surface area contributed by atoms with Crippen molar-refractivity contribution in [3.05, 3.63) is 59.7 Å². The molecule has 0 bridgehead atoms. The average Bonchev–Trinajstić information content (AvgIpc) is 2.89. The largest absolute Gasteiger partial charge is 0.369 e. The molecule has 2 aromatic rings. The van der Waals surface area contributed by atoms with Gasteiger partial charge in [-0.15, -0.1) is 0 Å². The minimum absolute atomic E-state index is 0.0197. The second-order valence-corrected chi connectivity index (χ2v) is 6.31. The van der Waals surface area contributed by atoms with Gasteiger partial charge in [-0.25, -0.2) is 0 Å². The molecule has 1 fully saturated rings. The van der Waals surface area contributed by atoms with Gasteiger partial charge in [0.15, 0.2) is 0 Å². The van der Waals surface area contributed by atoms with E-state index in [1.807, 2.05) is 0 Å². The van der Waals surface area contributed by atoms with Crippen LogP contribution in [0.25, 0.3) is 11.1 Å². The van der Waals surface area contributed by atoms with Crippen LogP contribution in [0, 0.1) is 5.92 Å². The maximum atomic E-state index is 11.6. The summed E-state index contributed by atoms with van der Waals surface area (Å²) in [6, 6.07) is 17.5. The van der Waals surface area contributed by atoms with Crippen molar-refractivity contribution in [3.8, 4) is 11.1 Å². The molecule has 2 N–H and O–H groups in total. The van der Waals surface area contributed by atoms with E-state index in [1.54, 1.807) is 0 Å². The van der Waals surface area contributed by atoms with Gasteiger partial charge in [-0.1, -0.05) is 48.5 Å². The molecule has 1 atom stereocenters. The number of nitrogens with two attached hydrogens (primary N) is 1. The van der Waals surface area contributed by atoms with Gasteiger partial charge in [0.2, 0.25) is 5.91 Å². The molecule has 1 saturated heterocycles. The molecule has 1 aliphatic carbocycles. The third kappa shape index (κ3) is 2.04. The first-order valence-corrected chi connectivity index (χ1v) is 7.97. The number of hydrogen-bond donors (Lipinski definition) is 1. The smallest absolute Gasteiger partial charge is 0.221 e. The molecule has 3 heteroatoms. The van der Waals surface area contributed by atoms with E-state index in [4.69, 9.17) is 5.73 Å². The second-order valence-electron chi connectivity index (χ2n) is 6.31.